The van der Waals surface area contributed by atoms with Gasteiger partial charge in [0.2, 0.25) is 0 Å². The predicted molar refractivity (Wildman–Crippen MR) is 61.7 cm³/mol. The Balaban J connectivity index is 2.69. The molecule has 0 bridgehead atoms. The first kappa shape index (κ1) is 10.8. The van der Waals surface area contributed by atoms with Crippen LogP contribution in [0.15, 0.2) is 24.3 Å². The first-order chi connectivity index (χ1) is 6.03. The second-order valence-corrected chi connectivity index (χ2v) is 9.70. The second kappa shape index (κ2) is 4.27. The standard InChI is InChI=1S/C10H16ClNSi/c1-13(2,8-12)7-9-3-5-10(11)6-4-9/h3-6H,7-8,12H2,1-2H3. The van der Waals surface area contributed by atoms with Gasteiger partial charge in [0.1, 0.15) is 0 Å². The average Bonchev–Trinajstić information content (AvgIpc) is 2.09. The SMILES string of the molecule is C[Si](C)(CN)Cc1ccc(Cl)cc1. The highest BCUT2D eigenvalue weighted by atomic mass is 35.5. The van der Waals surface area contributed by atoms with E-state index in [0.717, 1.165) is 17.2 Å². The van der Waals surface area contributed by atoms with Crippen molar-refractivity contribution in [2.24, 2.45) is 5.73 Å². The minimum absolute atomic E-state index is 0.802. The van der Waals surface area contributed by atoms with Crippen LogP contribution in [0.5, 0.6) is 0 Å². The molecule has 2 N–H and O–H groups in total. The molecular weight excluding hydrogens is 198 g/mol. The van der Waals surface area contributed by atoms with Gasteiger partial charge in [-0.3, -0.25) is 0 Å². The molecule has 0 heterocycles. The van der Waals surface area contributed by atoms with E-state index in [2.05, 4.69) is 25.2 Å². The van der Waals surface area contributed by atoms with E-state index in [1.165, 1.54) is 5.56 Å². The highest BCUT2D eigenvalue weighted by molar-refractivity contribution is 6.77. The summed E-state index contributed by atoms with van der Waals surface area (Å²) >= 11 is 5.80. The molecule has 3 heteroatoms. The number of hydrogen-bond acceptors (Lipinski definition) is 1. The maximum Gasteiger partial charge on any atom is 0.0665 e. The lowest BCUT2D eigenvalue weighted by Crippen LogP contribution is -2.39. The van der Waals surface area contributed by atoms with Crippen molar-refractivity contribution >= 4 is 19.7 Å². The van der Waals surface area contributed by atoms with Crippen molar-refractivity contribution < 1.29 is 0 Å². The summed E-state index contributed by atoms with van der Waals surface area (Å²) < 4.78 is 0. The fourth-order valence-corrected chi connectivity index (χ4v) is 2.84. The van der Waals surface area contributed by atoms with Gasteiger partial charge in [-0.2, -0.15) is 0 Å². The van der Waals surface area contributed by atoms with Crippen molar-refractivity contribution in [3.63, 3.8) is 0 Å². The van der Waals surface area contributed by atoms with Crippen molar-refractivity contribution in [1.82, 2.24) is 0 Å². The first-order valence-corrected chi connectivity index (χ1v) is 8.27. The summed E-state index contributed by atoms with van der Waals surface area (Å²) in [6, 6.07) is 9.20. The van der Waals surface area contributed by atoms with Gasteiger partial charge >= 0.3 is 0 Å². The summed E-state index contributed by atoms with van der Waals surface area (Å²) in [4.78, 5) is 0. The molecule has 0 amide bonds. The van der Waals surface area contributed by atoms with E-state index in [0.29, 0.717) is 0 Å². The molecule has 1 aromatic carbocycles. The molecule has 0 saturated carbocycles. The molecular formula is C10H16ClNSi. The van der Waals surface area contributed by atoms with E-state index >= 15 is 0 Å². The highest BCUT2D eigenvalue weighted by Gasteiger charge is 2.18. The Morgan fingerprint density at radius 3 is 2.23 bits per heavy atom. The Morgan fingerprint density at radius 1 is 1.23 bits per heavy atom. The van der Waals surface area contributed by atoms with E-state index in [1.54, 1.807) is 0 Å². The van der Waals surface area contributed by atoms with Gasteiger partial charge in [-0.1, -0.05) is 42.4 Å². The number of benzene rings is 1. The van der Waals surface area contributed by atoms with E-state index in [9.17, 15) is 0 Å². The summed E-state index contributed by atoms with van der Waals surface area (Å²) in [6.45, 7) is 4.61. The van der Waals surface area contributed by atoms with Crippen molar-refractivity contribution in [3.8, 4) is 0 Å². The van der Waals surface area contributed by atoms with E-state index in [1.807, 2.05) is 12.1 Å². The highest BCUT2D eigenvalue weighted by Crippen LogP contribution is 2.14. The van der Waals surface area contributed by atoms with Crippen LogP contribution in [0, 0.1) is 0 Å². The van der Waals surface area contributed by atoms with Gasteiger partial charge in [-0.05, 0) is 24.3 Å². The van der Waals surface area contributed by atoms with E-state index < -0.39 is 8.07 Å². The normalized spacial score (nSPS) is 11.7. The van der Waals surface area contributed by atoms with Crippen molar-refractivity contribution in [1.29, 1.82) is 0 Å². The monoisotopic (exact) mass is 213 g/mol. The van der Waals surface area contributed by atoms with Gasteiger partial charge < -0.3 is 5.73 Å². The van der Waals surface area contributed by atoms with Crippen molar-refractivity contribution in [3.05, 3.63) is 34.9 Å². The van der Waals surface area contributed by atoms with Gasteiger partial charge in [0.05, 0.1) is 8.07 Å². The molecule has 1 aromatic rings. The van der Waals surface area contributed by atoms with Crippen LogP contribution in [0.1, 0.15) is 5.56 Å². The summed E-state index contributed by atoms with van der Waals surface area (Å²) in [5, 5.41) is 0.802. The molecule has 0 saturated heterocycles. The lowest BCUT2D eigenvalue weighted by Gasteiger charge is -2.19. The summed E-state index contributed by atoms with van der Waals surface area (Å²) in [5.74, 6) is 0. The van der Waals surface area contributed by atoms with Crippen LogP contribution >= 0.6 is 11.6 Å². The van der Waals surface area contributed by atoms with Crippen LogP contribution in [-0.2, 0) is 6.04 Å². The third-order valence-corrected chi connectivity index (χ3v) is 4.87. The van der Waals surface area contributed by atoms with Crippen molar-refractivity contribution in [2.75, 3.05) is 6.17 Å². The lowest BCUT2D eigenvalue weighted by atomic mass is 10.2. The van der Waals surface area contributed by atoms with Gasteiger partial charge in [0.15, 0.2) is 0 Å². The Hall–Kier alpha value is -0.313. The molecule has 0 spiro atoms. The molecule has 0 radical (unpaired) electrons. The minimum atomic E-state index is -1.20. The van der Waals surface area contributed by atoms with Crippen LogP contribution in [-0.4, -0.2) is 14.2 Å². The van der Waals surface area contributed by atoms with Crippen LogP contribution in [0.4, 0.5) is 0 Å². The van der Waals surface area contributed by atoms with Gasteiger partial charge in [0.25, 0.3) is 0 Å². The second-order valence-electron chi connectivity index (χ2n) is 4.17. The molecule has 0 fully saturated rings. The van der Waals surface area contributed by atoms with E-state index in [-0.39, 0.29) is 0 Å². The summed E-state index contributed by atoms with van der Waals surface area (Å²) in [5.41, 5.74) is 7.07. The summed E-state index contributed by atoms with van der Waals surface area (Å²) in [7, 11) is -1.20. The molecule has 0 aliphatic rings. The fourth-order valence-electron chi connectivity index (χ4n) is 1.23. The minimum Gasteiger partial charge on any atom is -0.333 e. The van der Waals surface area contributed by atoms with E-state index in [4.69, 9.17) is 17.3 Å². The van der Waals surface area contributed by atoms with Gasteiger partial charge in [-0.25, -0.2) is 0 Å². The summed E-state index contributed by atoms with van der Waals surface area (Å²) in [6.07, 6.45) is 0.843. The molecule has 72 valence electrons. The number of rotatable bonds is 3. The van der Waals surface area contributed by atoms with Gasteiger partial charge in [-0.15, -0.1) is 0 Å². The maximum atomic E-state index is 5.80. The van der Waals surface area contributed by atoms with Crippen LogP contribution < -0.4 is 5.73 Å². The Kier molecular flexibility index (Phi) is 3.53. The van der Waals surface area contributed by atoms with Gasteiger partial charge in [0, 0.05) is 5.02 Å². The maximum absolute atomic E-state index is 5.80. The van der Waals surface area contributed by atoms with Crippen molar-refractivity contribution in [2.45, 2.75) is 19.1 Å². The third-order valence-electron chi connectivity index (χ3n) is 2.15. The molecule has 0 aromatic heterocycles. The molecule has 0 aliphatic heterocycles. The van der Waals surface area contributed by atoms with Crippen LogP contribution in [0.2, 0.25) is 18.1 Å². The smallest absolute Gasteiger partial charge is 0.0665 e. The van der Waals surface area contributed by atoms with Crippen LogP contribution in [0.25, 0.3) is 0 Å². The number of hydrogen-bond donors (Lipinski definition) is 1. The Bertz CT molecular complexity index is 269. The Labute approximate surface area is 85.9 Å². The topological polar surface area (TPSA) is 26.0 Å². The quantitative estimate of drug-likeness (QED) is 0.768. The predicted octanol–water partition coefficient (Wildman–Crippen LogP) is 2.63. The third kappa shape index (κ3) is 3.51. The molecule has 0 aliphatic carbocycles. The largest absolute Gasteiger partial charge is 0.333 e. The fraction of sp³-hybridized carbons (Fsp3) is 0.400. The zero-order valence-electron chi connectivity index (χ0n) is 8.18. The molecule has 1 rings (SSSR count). The molecule has 13 heavy (non-hydrogen) atoms. The zero-order chi connectivity index (χ0) is 9.90. The first-order valence-electron chi connectivity index (χ1n) is 4.48. The van der Waals surface area contributed by atoms with Crippen LogP contribution in [0.3, 0.4) is 0 Å². The lowest BCUT2D eigenvalue weighted by molar-refractivity contribution is 1.20. The molecule has 0 atom stereocenters. The molecule has 0 unspecified atom stereocenters. The number of halogens is 1. The zero-order valence-corrected chi connectivity index (χ0v) is 9.93. The number of nitrogens with two attached hydrogens (primary N) is 1. The average molecular weight is 214 g/mol. The Morgan fingerprint density at radius 2 is 1.77 bits per heavy atom. The molecule has 1 nitrogen and oxygen atoms in total.